The van der Waals surface area contributed by atoms with Gasteiger partial charge in [0.1, 0.15) is 6.73 Å². The number of carboxylic acids is 1. The van der Waals surface area contributed by atoms with Crippen LogP contribution in [-0.2, 0) is 11.5 Å². The molecule has 0 bridgehead atoms. The molecule has 0 saturated carbocycles. The second-order valence-electron chi connectivity index (χ2n) is 8.02. The van der Waals surface area contributed by atoms with Crippen LogP contribution in [0.4, 0.5) is 11.4 Å². The van der Waals surface area contributed by atoms with Crippen molar-refractivity contribution in [3.05, 3.63) is 54.2 Å². The van der Waals surface area contributed by atoms with Gasteiger partial charge >= 0.3 is 5.97 Å². The number of aromatic carboxylic acids is 1. The fourth-order valence-electron chi connectivity index (χ4n) is 2.96. The van der Waals surface area contributed by atoms with Gasteiger partial charge in [-0.2, -0.15) is 5.10 Å². The molecule has 1 N–H and O–H groups in total. The number of carboxylic acid groups (broad SMARTS) is 1. The van der Waals surface area contributed by atoms with Gasteiger partial charge in [0.25, 0.3) is 0 Å². The van der Waals surface area contributed by atoms with E-state index in [1.165, 1.54) is 11.0 Å². The molecule has 29 heavy (non-hydrogen) atoms. The third-order valence-corrected chi connectivity index (χ3v) is 6.31. The summed E-state index contributed by atoms with van der Waals surface area (Å²) >= 11 is 0. The minimum atomic E-state index is -1.15. The van der Waals surface area contributed by atoms with Crippen LogP contribution in [0.2, 0.25) is 25.7 Å². The molecule has 2 aromatic carbocycles. The Labute approximate surface area is 171 Å². The number of rotatable bonds is 8. The number of carbonyl (C=O) groups is 1. The number of para-hydroxylation sites is 1. The highest BCUT2D eigenvalue weighted by atomic mass is 28.3. The molecule has 0 saturated heterocycles. The van der Waals surface area contributed by atoms with Gasteiger partial charge in [0.15, 0.2) is 0 Å². The van der Waals surface area contributed by atoms with Crippen LogP contribution < -0.4 is 4.90 Å². The summed E-state index contributed by atoms with van der Waals surface area (Å²) in [6.07, 6.45) is 7.53. The fraction of sp³-hybridized carbons (Fsp3) is 0.273. The van der Waals surface area contributed by atoms with Gasteiger partial charge in [-0.1, -0.05) is 38.2 Å². The van der Waals surface area contributed by atoms with Crippen LogP contribution in [0, 0.1) is 12.5 Å². The average molecular weight is 408 g/mol. The van der Waals surface area contributed by atoms with E-state index in [1.54, 1.807) is 29.1 Å². The van der Waals surface area contributed by atoms with Crippen LogP contribution in [0.1, 0.15) is 10.4 Å². The quantitative estimate of drug-likeness (QED) is 0.252. The Kier molecular flexibility index (Phi) is 6.06. The smallest absolute Gasteiger partial charge is 0.337 e. The fourth-order valence-corrected chi connectivity index (χ4v) is 3.72. The first kappa shape index (κ1) is 20.6. The molecule has 0 spiro atoms. The van der Waals surface area contributed by atoms with E-state index < -0.39 is 14.0 Å². The number of fused-ring (bicyclic) bond motifs is 1. The molecule has 0 aliphatic heterocycles. The molecule has 0 amide bonds. The van der Waals surface area contributed by atoms with Crippen LogP contribution in [0.25, 0.3) is 10.9 Å². The number of ether oxygens (including phenoxy) is 1. The van der Waals surface area contributed by atoms with Gasteiger partial charge in [-0.25, -0.2) is 9.48 Å². The first-order valence-corrected chi connectivity index (χ1v) is 13.1. The normalized spacial score (nSPS) is 11.4. The zero-order valence-electron chi connectivity index (χ0n) is 16.9. The first-order chi connectivity index (χ1) is 13.8. The highest BCUT2D eigenvalue weighted by Gasteiger charge is 2.17. The van der Waals surface area contributed by atoms with Crippen LogP contribution in [0.3, 0.4) is 0 Å². The lowest BCUT2D eigenvalue weighted by molar-refractivity contribution is 0.0697. The number of nitrogens with zero attached hydrogens (tertiary/aromatic N) is 3. The summed E-state index contributed by atoms with van der Waals surface area (Å²) in [6, 6.07) is 16.0. The zero-order valence-corrected chi connectivity index (χ0v) is 17.9. The van der Waals surface area contributed by atoms with E-state index in [2.05, 4.69) is 30.8 Å². The van der Waals surface area contributed by atoms with Crippen molar-refractivity contribution in [3.63, 3.8) is 0 Å². The van der Waals surface area contributed by atoms with Crippen LogP contribution in [0.15, 0.2) is 48.7 Å². The molecule has 0 aliphatic rings. The van der Waals surface area contributed by atoms with Crippen molar-refractivity contribution >= 4 is 36.3 Å². The van der Waals surface area contributed by atoms with Crippen molar-refractivity contribution in [1.82, 2.24) is 9.78 Å². The monoisotopic (exact) mass is 407 g/mol. The molecule has 150 valence electrons. The number of benzene rings is 2. The Bertz CT molecular complexity index is 1060. The lowest BCUT2D eigenvalue weighted by atomic mass is 10.1. The minimum absolute atomic E-state index is 0.147. The molecule has 0 fully saturated rings. The SMILES string of the molecule is C#CN(c1ccc2cnn(COCC[Si](C)(C)C)c2c1)c1ccccc1C(=O)O. The number of anilines is 2. The third kappa shape index (κ3) is 4.85. The van der Waals surface area contributed by atoms with Crippen molar-refractivity contribution < 1.29 is 14.6 Å². The molecular weight excluding hydrogens is 382 g/mol. The largest absolute Gasteiger partial charge is 0.478 e. The maximum absolute atomic E-state index is 11.6. The van der Waals surface area contributed by atoms with Gasteiger partial charge in [0.05, 0.1) is 28.7 Å². The van der Waals surface area contributed by atoms with Gasteiger partial charge in [-0.15, -0.1) is 0 Å². The van der Waals surface area contributed by atoms with E-state index in [1.807, 2.05) is 18.2 Å². The van der Waals surface area contributed by atoms with E-state index in [0.29, 0.717) is 24.7 Å². The molecule has 0 aliphatic carbocycles. The first-order valence-electron chi connectivity index (χ1n) is 9.42. The summed E-state index contributed by atoms with van der Waals surface area (Å²) in [6.45, 7) is 8.01. The molecular formula is C22H25N3O3Si. The van der Waals surface area contributed by atoms with Crippen LogP contribution >= 0.6 is 0 Å². The third-order valence-electron chi connectivity index (χ3n) is 4.60. The summed E-state index contributed by atoms with van der Waals surface area (Å²) in [5, 5.41) is 14.9. The van der Waals surface area contributed by atoms with Crippen LogP contribution in [0.5, 0.6) is 0 Å². The van der Waals surface area contributed by atoms with Crippen LogP contribution in [-0.4, -0.2) is 35.5 Å². The molecule has 0 unspecified atom stereocenters. The second-order valence-corrected chi connectivity index (χ2v) is 13.6. The van der Waals surface area contributed by atoms with Crippen molar-refractivity contribution in [2.75, 3.05) is 11.5 Å². The van der Waals surface area contributed by atoms with Crippen molar-refractivity contribution in [2.24, 2.45) is 0 Å². The van der Waals surface area contributed by atoms with E-state index in [-0.39, 0.29) is 5.56 Å². The van der Waals surface area contributed by atoms with Crippen molar-refractivity contribution in [3.8, 4) is 12.5 Å². The Morgan fingerprint density at radius 3 is 2.72 bits per heavy atom. The topological polar surface area (TPSA) is 67.6 Å². The maximum Gasteiger partial charge on any atom is 0.337 e. The number of terminal acetylenes is 1. The molecule has 3 rings (SSSR count). The standard InChI is InChI=1S/C22H25N3O3Si/c1-5-24(20-9-7-6-8-19(20)22(26)27)18-11-10-17-15-23-25(21(17)14-18)16-28-12-13-29(2,3)4/h1,6-11,14-15H,12-13,16H2,2-4H3,(H,26,27). The molecule has 3 aromatic rings. The predicted molar refractivity (Wildman–Crippen MR) is 118 cm³/mol. The molecule has 7 heteroatoms. The second kappa shape index (κ2) is 8.51. The van der Waals surface area contributed by atoms with Gasteiger partial charge in [-0.05, 0) is 36.4 Å². The Morgan fingerprint density at radius 2 is 2.03 bits per heavy atom. The lowest BCUT2D eigenvalue weighted by Crippen LogP contribution is -2.22. The summed E-state index contributed by atoms with van der Waals surface area (Å²) in [7, 11) is -1.15. The molecule has 6 nitrogen and oxygen atoms in total. The highest BCUT2D eigenvalue weighted by molar-refractivity contribution is 6.76. The van der Waals surface area contributed by atoms with Gasteiger partial charge in [0.2, 0.25) is 0 Å². The van der Waals surface area contributed by atoms with Crippen molar-refractivity contribution in [2.45, 2.75) is 32.4 Å². The van der Waals surface area contributed by atoms with E-state index in [0.717, 1.165) is 16.9 Å². The molecule has 0 radical (unpaired) electrons. The lowest BCUT2D eigenvalue weighted by Gasteiger charge is -2.20. The number of hydrogen-bond donors (Lipinski definition) is 1. The minimum Gasteiger partial charge on any atom is -0.478 e. The summed E-state index contributed by atoms with van der Waals surface area (Å²) in [4.78, 5) is 13.1. The number of hydrogen-bond acceptors (Lipinski definition) is 4. The van der Waals surface area contributed by atoms with E-state index >= 15 is 0 Å². The van der Waals surface area contributed by atoms with Crippen molar-refractivity contribution in [1.29, 1.82) is 0 Å². The Morgan fingerprint density at radius 1 is 1.28 bits per heavy atom. The van der Waals surface area contributed by atoms with Gasteiger partial charge in [-0.3, -0.25) is 4.90 Å². The van der Waals surface area contributed by atoms with E-state index in [9.17, 15) is 9.90 Å². The van der Waals surface area contributed by atoms with E-state index in [4.69, 9.17) is 11.2 Å². The predicted octanol–water partition coefficient (Wildman–Crippen LogP) is 4.78. The Balaban J connectivity index is 1.89. The zero-order chi connectivity index (χ0) is 21.0. The molecule has 0 atom stereocenters. The highest BCUT2D eigenvalue weighted by Crippen LogP contribution is 2.30. The Hall–Kier alpha value is -3.08. The summed E-state index contributed by atoms with van der Waals surface area (Å²) in [5.74, 6) is -1.03. The maximum atomic E-state index is 11.6. The van der Waals surface area contributed by atoms with Gasteiger partial charge in [0, 0.05) is 26.1 Å². The molecule has 1 aromatic heterocycles. The molecule has 1 heterocycles. The average Bonchev–Trinajstić information content (AvgIpc) is 3.08. The summed E-state index contributed by atoms with van der Waals surface area (Å²) in [5.41, 5.74) is 2.16. The number of aromatic nitrogens is 2. The van der Waals surface area contributed by atoms with Gasteiger partial charge < -0.3 is 9.84 Å². The summed E-state index contributed by atoms with van der Waals surface area (Å²) < 4.78 is 7.62.